The van der Waals surface area contributed by atoms with E-state index in [1.54, 1.807) is 6.92 Å². The number of hydrogen-bond donors (Lipinski definition) is 0. The van der Waals surface area contributed by atoms with Gasteiger partial charge in [-0.25, -0.2) is 0 Å². The summed E-state index contributed by atoms with van der Waals surface area (Å²) in [7, 11) is 0. The molecule has 0 aromatic rings. The van der Waals surface area contributed by atoms with E-state index in [2.05, 4.69) is 4.74 Å². The molecule has 52 valence electrons. The maximum Gasteiger partial charge on any atom is 0.323 e. The van der Waals surface area contributed by atoms with Crippen molar-refractivity contribution in [3.05, 3.63) is 0 Å². The average Bonchev–Trinajstić information content (AvgIpc) is 1.87. The second-order valence-corrected chi connectivity index (χ2v) is 2.10. The molecule has 0 unspecified atom stereocenters. The Morgan fingerprint density at radius 1 is 1.44 bits per heavy atom. The van der Waals surface area contributed by atoms with Gasteiger partial charge in [0.05, 0.1) is 4.43 Å². The monoisotopic (exact) mass is 242 g/mol. The Labute approximate surface area is 66.9 Å². The lowest BCUT2D eigenvalue weighted by Gasteiger charge is -1.94. The second kappa shape index (κ2) is 4.72. The summed E-state index contributed by atoms with van der Waals surface area (Å²) in [6.07, 6.45) is 0.252. The van der Waals surface area contributed by atoms with Crippen LogP contribution in [-0.4, -0.2) is 16.4 Å². The molecule has 0 aliphatic heterocycles. The molecule has 0 bridgehead atoms. The van der Waals surface area contributed by atoms with E-state index in [4.69, 9.17) is 0 Å². The normalized spacial score (nSPS) is 8.67. The predicted molar refractivity (Wildman–Crippen MR) is 40.3 cm³/mol. The molecule has 0 heterocycles. The quantitative estimate of drug-likeness (QED) is 0.312. The van der Waals surface area contributed by atoms with Crippen molar-refractivity contribution < 1.29 is 14.3 Å². The largest absolute Gasteiger partial charge is 0.393 e. The summed E-state index contributed by atoms with van der Waals surface area (Å²) in [5, 5.41) is 0. The van der Waals surface area contributed by atoms with E-state index in [-0.39, 0.29) is 10.8 Å². The molecule has 9 heavy (non-hydrogen) atoms. The molecule has 0 aromatic carbocycles. The molecule has 0 atom stereocenters. The van der Waals surface area contributed by atoms with Crippen LogP contribution in [0.5, 0.6) is 0 Å². The topological polar surface area (TPSA) is 43.4 Å². The zero-order chi connectivity index (χ0) is 7.28. The number of ether oxygens (including phenoxy) is 1. The van der Waals surface area contributed by atoms with Crippen LogP contribution in [-0.2, 0) is 14.3 Å². The van der Waals surface area contributed by atoms with Crippen LogP contribution in [0.1, 0.15) is 13.3 Å². The van der Waals surface area contributed by atoms with Crippen molar-refractivity contribution >= 4 is 34.5 Å². The summed E-state index contributed by atoms with van der Waals surface area (Å²) in [4.78, 5) is 20.7. The van der Waals surface area contributed by atoms with Crippen LogP contribution in [0.3, 0.4) is 0 Å². The van der Waals surface area contributed by atoms with Crippen LogP contribution in [0, 0.1) is 0 Å². The molecule has 0 spiro atoms. The van der Waals surface area contributed by atoms with Crippen LogP contribution < -0.4 is 0 Å². The summed E-state index contributed by atoms with van der Waals surface area (Å²) < 4.78 is 4.49. The van der Waals surface area contributed by atoms with E-state index < -0.39 is 11.9 Å². The third-order valence-electron chi connectivity index (χ3n) is 0.625. The fraction of sp³-hybridized carbons (Fsp3) is 0.600. The molecule has 0 saturated carbocycles. The molecular formula is C5H7IO3. The van der Waals surface area contributed by atoms with Gasteiger partial charge in [-0.15, -0.1) is 0 Å². The van der Waals surface area contributed by atoms with Crippen molar-refractivity contribution in [2.45, 2.75) is 13.3 Å². The van der Waals surface area contributed by atoms with Crippen LogP contribution >= 0.6 is 22.6 Å². The Balaban J connectivity index is 3.47. The fourth-order valence-electron chi connectivity index (χ4n) is 0.226. The summed E-state index contributed by atoms with van der Waals surface area (Å²) >= 11 is 1.84. The predicted octanol–water partition coefficient (Wildman–Crippen LogP) is 0.901. The molecule has 0 N–H and O–H groups in total. The van der Waals surface area contributed by atoms with Gasteiger partial charge in [-0.05, 0) is 0 Å². The highest BCUT2D eigenvalue weighted by atomic mass is 127. The molecule has 0 fully saturated rings. The highest BCUT2D eigenvalue weighted by Gasteiger charge is 2.04. The Kier molecular flexibility index (Phi) is 4.65. The van der Waals surface area contributed by atoms with E-state index in [0.29, 0.717) is 0 Å². The standard InChI is InChI=1S/C5H7IO3/c1-2-4(7)9-5(8)3-6/h2-3H2,1H3. The maximum atomic E-state index is 10.3. The molecule has 0 radical (unpaired) electrons. The van der Waals surface area contributed by atoms with Gasteiger partial charge in [0.25, 0.3) is 0 Å². The van der Waals surface area contributed by atoms with Gasteiger partial charge < -0.3 is 4.74 Å². The fourth-order valence-corrected chi connectivity index (χ4v) is 0.382. The number of rotatable bonds is 2. The van der Waals surface area contributed by atoms with Gasteiger partial charge >= 0.3 is 11.9 Å². The molecule has 0 amide bonds. The number of alkyl halides is 1. The number of carbonyl (C=O) groups is 2. The maximum absolute atomic E-state index is 10.3. The van der Waals surface area contributed by atoms with Crippen LogP contribution in [0.4, 0.5) is 0 Å². The van der Waals surface area contributed by atoms with Crippen LogP contribution in [0.25, 0.3) is 0 Å². The molecule has 0 aliphatic carbocycles. The van der Waals surface area contributed by atoms with Crippen LogP contribution in [0.2, 0.25) is 0 Å². The molecule has 0 rings (SSSR count). The van der Waals surface area contributed by atoms with Crippen LogP contribution in [0.15, 0.2) is 0 Å². The average molecular weight is 242 g/mol. The molecule has 3 nitrogen and oxygen atoms in total. The Morgan fingerprint density at radius 2 is 2.00 bits per heavy atom. The Morgan fingerprint density at radius 3 is 2.33 bits per heavy atom. The molecule has 0 aromatic heterocycles. The smallest absolute Gasteiger partial charge is 0.323 e. The van der Waals surface area contributed by atoms with Gasteiger partial charge in [0.2, 0.25) is 0 Å². The van der Waals surface area contributed by atoms with Crippen molar-refractivity contribution in [1.82, 2.24) is 0 Å². The summed E-state index contributed by atoms with van der Waals surface area (Å²) in [6, 6.07) is 0. The van der Waals surface area contributed by atoms with Crippen molar-refractivity contribution in [2.75, 3.05) is 4.43 Å². The molecular weight excluding hydrogens is 235 g/mol. The third-order valence-corrected chi connectivity index (χ3v) is 1.25. The van der Waals surface area contributed by atoms with E-state index in [0.717, 1.165) is 0 Å². The SMILES string of the molecule is CCC(=O)OC(=O)CI. The molecule has 0 saturated heterocycles. The first kappa shape index (κ1) is 8.87. The second-order valence-electron chi connectivity index (χ2n) is 1.33. The summed E-state index contributed by atoms with van der Waals surface area (Å²) in [6.45, 7) is 1.64. The zero-order valence-electron chi connectivity index (χ0n) is 5.02. The first-order chi connectivity index (χ1) is 4.20. The number of carbonyl (C=O) groups excluding carboxylic acids is 2. The summed E-state index contributed by atoms with van der Waals surface area (Å²) in [5.41, 5.74) is 0. The first-order valence-electron chi connectivity index (χ1n) is 2.50. The van der Waals surface area contributed by atoms with Crippen molar-refractivity contribution in [3.8, 4) is 0 Å². The molecule has 0 aliphatic rings. The van der Waals surface area contributed by atoms with E-state index in [9.17, 15) is 9.59 Å². The Bertz CT molecular complexity index is 107. The number of hydrogen-bond acceptors (Lipinski definition) is 3. The van der Waals surface area contributed by atoms with Gasteiger partial charge in [0.1, 0.15) is 0 Å². The van der Waals surface area contributed by atoms with Crippen molar-refractivity contribution in [2.24, 2.45) is 0 Å². The lowest BCUT2D eigenvalue weighted by Crippen LogP contribution is -2.11. The molecule has 4 heteroatoms. The van der Waals surface area contributed by atoms with Gasteiger partial charge in [-0.1, -0.05) is 29.5 Å². The van der Waals surface area contributed by atoms with Gasteiger partial charge in [0, 0.05) is 6.42 Å². The lowest BCUT2D eigenvalue weighted by atomic mass is 10.5. The minimum Gasteiger partial charge on any atom is -0.393 e. The number of halogens is 1. The lowest BCUT2D eigenvalue weighted by molar-refractivity contribution is -0.157. The highest BCUT2D eigenvalue weighted by molar-refractivity contribution is 14.1. The first-order valence-corrected chi connectivity index (χ1v) is 4.02. The minimum absolute atomic E-state index is 0.226. The van der Waals surface area contributed by atoms with E-state index in [1.807, 2.05) is 22.6 Å². The van der Waals surface area contributed by atoms with Crippen molar-refractivity contribution in [1.29, 1.82) is 0 Å². The summed E-state index contributed by atoms with van der Waals surface area (Å²) in [5.74, 6) is -0.931. The minimum atomic E-state index is -0.470. The third kappa shape index (κ3) is 4.38. The van der Waals surface area contributed by atoms with Gasteiger partial charge in [-0.2, -0.15) is 0 Å². The zero-order valence-corrected chi connectivity index (χ0v) is 7.17. The van der Waals surface area contributed by atoms with Crippen molar-refractivity contribution in [3.63, 3.8) is 0 Å². The van der Waals surface area contributed by atoms with E-state index in [1.165, 1.54) is 0 Å². The van der Waals surface area contributed by atoms with Gasteiger partial charge in [0.15, 0.2) is 0 Å². The van der Waals surface area contributed by atoms with Gasteiger partial charge in [-0.3, -0.25) is 9.59 Å². The number of esters is 2. The Hall–Kier alpha value is -0.130. The van der Waals surface area contributed by atoms with E-state index >= 15 is 0 Å². The highest BCUT2D eigenvalue weighted by Crippen LogP contribution is 1.89.